The molecule has 0 aliphatic carbocycles. The number of sulfonamides is 1. The molecule has 2 heterocycles. The van der Waals surface area contributed by atoms with Crippen molar-refractivity contribution >= 4 is 32.7 Å². The zero-order chi connectivity index (χ0) is 19.2. The Morgan fingerprint density at radius 1 is 1.26 bits per heavy atom. The molecule has 4 rings (SSSR count). The van der Waals surface area contributed by atoms with Crippen molar-refractivity contribution in [3.63, 3.8) is 0 Å². The summed E-state index contributed by atoms with van der Waals surface area (Å²) in [6, 6.07) is 12.5. The van der Waals surface area contributed by atoms with Gasteiger partial charge >= 0.3 is 0 Å². The van der Waals surface area contributed by atoms with Crippen molar-refractivity contribution in [1.82, 2.24) is 15.3 Å². The average molecular weight is 384 g/mol. The third-order valence-corrected chi connectivity index (χ3v) is 5.94. The van der Waals surface area contributed by atoms with Crippen LogP contribution in [0.3, 0.4) is 0 Å². The minimum absolute atomic E-state index is 0.219. The van der Waals surface area contributed by atoms with E-state index in [0.717, 1.165) is 16.6 Å². The van der Waals surface area contributed by atoms with Gasteiger partial charge < -0.3 is 10.3 Å². The van der Waals surface area contributed by atoms with Crippen molar-refractivity contribution in [2.24, 2.45) is 0 Å². The molecule has 140 valence electrons. The van der Waals surface area contributed by atoms with E-state index in [0.29, 0.717) is 30.0 Å². The van der Waals surface area contributed by atoms with E-state index in [1.165, 1.54) is 10.6 Å². The number of rotatable bonds is 4. The number of fused-ring (bicyclic) bond motifs is 2. The molecule has 2 N–H and O–H groups in total. The summed E-state index contributed by atoms with van der Waals surface area (Å²) in [6.45, 7) is 2.28. The maximum absolute atomic E-state index is 12.6. The highest BCUT2D eigenvalue weighted by Crippen LogP contribution is 2.30. The Kier molecular flexibility index (Phi) is 4.15. The summed E-state index contributed by atoms with van der Waals surface area (Å²) < 4.78 is 25.0. The van der Waals surface area contributed by atoms with Crippen molar-refractivity contribution in [3.8, 4) is 0 Å². The van der Waals surface area contributed by atoms with Crippen LogP contribution in [-0.4, -0.2) is 37.1 Å². The van der Waals surface area contributed by atoms with Gasteiger partial charge in [0.1, 0.15) is 5.82 Å². The van der Waals surface area contributed by atoms with E-state index in [4.69, 9.17) is 0 Å². The first-order valence-electron chi connectivity index (χ1n) is 8.69. The second-order valence-corrected chi connectivity index (χ2v) is 8.67. The van der Waals surface area contributed by atoms with E-state index < -0.39 is 10.0 Å². The fraction of sp³-hybridized carbons (Fsp3) is 0.263. The lowest BCUT2D eigenvalue weighted by atomic mass is 10.1. The van der Waals surface area contributed by atoms with Gasteiger partial charge in [-0.3, -0.25) is 9.10 Å². The molecule has 0 radical (unpaired) electrons. The third kappa shape index (κ3) is 3.28. The first-order chi connectivity index (χ1) is 12.8. The van der Waals surface area contributed by atoms with Crippen molar-refractivity contribution in [2.75, 3.05) is 17.1 Å². The minimum Gasteiger partial charge on any atom is -0.342 e. The number of hydrogen-bond donors (Lipinski definition) is 2. The van der Waals surface area contributed by atoms with E-state index in [1.807, 2.05) is 31.2 Å². The highest BCUT2D eigenvalue weighted by atomic mass is 32.2. The van der Waals surface area contributed by atoms with Gasteiger partial charge in [0.15, 0.2) is 0 Å². The minimum atomic E-state index is -3.30. The fourth-order valence-electron chi connectivity index (χ4n) is 3.38. The molecule has 1 amide bonds. The average Bonchev–Trinajstić information content (AvgIpc) is 3.24. The normalized spacial score (nSPS) is 15.0. The highest BCUT2D eigenvalue weighted by Gasteiger charge is 2.27. The molecular weight excluding hydrogens is 364 g/mol. The van der Waals surface area contributed by atoms with E-state index in [-0.39, 0.29) is 11.9 Å². The van der Waals surface area contributed by atoms with Crippen LogP contribution >= 0.6 is 0 Å². The molecule has 0 saturated heterocycles. The molecule has 0 unspecified atom stereocenters. The number of carbonyl (C=O) groups is 1. The first kappa shape index (κ1) is 17.5. The van der Waals surface area contributed by atoms with Crippen molar-refractivity contribution in [3.05, 3.63) is 59.4 Å². The Morgan fingerprint density at radius 3 is 2.78 bits per heavy atom. The summed E-state index contributed by atoms with van der Waals surface area (Å²) in [7, 11) is -3.30. The number of nitrogens with zero attached hydrogens (tertiary/aromatic N) is 2. The van der Waals surface area contributed by atoms with Crippen molar-refractivity contribution in [1.29, 1.82) is 0 Å². The molecule has 1 aliphatic heterocycles. The van der Waals surface area contributed by atoms with Crippen molar-refractivity contribution < 1.29 is 13.2 Å². The number of benzene rings is 2. The second-order valence-electron chi connectivity index (χ2n) is 6.76. The molecule has 1 atom stereocenters. The predicted molar refractivity (Wildman–Crippen MR) is 104 cm³/mol. The number of carbonyl (C=O) groups excluding carboxylic acids is 1. The third-order valence-electron chi connectivity index (χ3n) is 4.76. The monoisotopic (exact) mass is 384 g/mol. The number of amides is 1. The molecule has 27 heavy (non-hydrogen) atoms. The van der Waals surface area contributed by atoms with Gasteiger partial charge in [-0.05, 0) is 49.2 Å². The maximum Gasteiger partial charge on any atom is 0.251 e. The van der Waals surface area contributed by atoms with Crippen LogP contribution in [0.4, 0.5) is 5.69 Å². The van der Waals surface area contributed by atoms with Gasteiger partial charge in [-0.25, -0.2) is 13.4 Å². The number of anilines is 1. The Bertz CT molecular complexity index is 1100. The van der Waals surface area contributed by atoms with Gasteiger partial charge in [0.2, 0.25) is 10.0 Å². The Morgan fingerprint density at radius 2 is 2.04 bits per heavy atom. The molecular formula is C19H20N4O3S. The van der Waals surface area contributed by atoms with Gasteiger partial charge in [0.05, 0.1) is 29.0 Å². The zero-order valence-electron chi connectivity index (χ0n) is 15.1. The smallest absolute Gasteiger partial charge is 0.251 e. The summed E-state index contributed by atoms with van der Waals surface area (Å²) in [4.78, 5) is 20.4. The molecule has 8 heteroatoms. The van der Waals surface area contributed by atoms with Crippen molar-refractivity contribution in [2.45, 2.75) is 19.4 Å². The lowest BCUT2D eigenvalue weighted by molar-refractivity contribution is 0.0938. The summed E-state index contributed by atoms with van der Waals surface area (Å²) >= 11 is 0. The Labute approximate surface area is 157 Å². The van der Waals surface area contributed by atoms with E-state index >= 15 is 0 Å². The standard InChI is InChI=1S/C19H20N4O3S/c1-12(18-21-15-5-3-4-6-16(15)22-18)20-19(24)14-7-8-17-13(11-14)9-10-23(17)27(2,25)26/h3-8,11-12H,9-10H2,1-2H3,(H,20,24)(H,21,22)/t12-/m1/s1. The van der Waals surface area contributed by atoms with Crippen LogP contribution in [-0.2, 0) is 16.4 Å². The molecule has 0 spiro atoms. The van der Waals surface area contributed by atoms with E-state index in [2.05, 4.69) is 15.3 Å². The van der Waals surface area contributed by atoms with Crippen LogP contribution in [0.1, 0.15) is 34.7 Å². The lowest BCUT2D eigenvalue weighted by Crippen LogP contribution is -2.28. The van der Waals surface area contributed by atoms with E-state index in [9.17, 15) is 13.2 Å². The topological polar surface area (TPSA) is 95.2 Å². The number of nitrogens with one attached hydrogen (secondary N) is 2. The Balaban J connectivity index is 1.53. The molecule has 0 bridgehead atoms. The lowest BCUT2D eigenvalue weighted by Gasteiger charge is -2.17. The van der Waals surface area contributed by atoms with Crippen LogP contribution in [0, 0.1) is 0 Å². The first-order valence-corrected chi connectivity index (χ1v) is 10.5. The SMILES string of the molecule is C[C@@H](NC(=O)c1ccc2c(c1)CCN2S(C)(=O)=O)c1nc2ccccc2[nH]1. The number of para-hydroxylation sites is 2. The van der Waals surface area contributed by atoms with Crippen LogP contribution < -0.4 is 9.62 Å². The van der Waals surface area contributed by atoms with Gasteiger partial charge in [-0.15, -0.1) is 0 Å². The van der Waals surface area contributed by atoms with Crippen LogP contribution in [0.15, 0.2) is 42.5 Å². The highest BCUT2D eigenvalue weighted by molar-refractivity contribution is 7.92. The maximum atomic E-state index is 12.6. The molecule has 0 saturated carbocycles. The summed E-state index contributed by atoms with van der Waals surface area (Å²) in [5, 5.41) is 2.94. The molecule has 2 aromatic carbocycles. The number of H-pyrrole nitrogens is 1. The molecule has 1 aromatic heterocycles. The number of hydrogen-bond acceptors (Lipinski definition) is 4. The van der Waals surface area contributed by atoms with Crippen LogP contribution in [0.25, 0.3) is 11.0 Å². The van der Waals surface area contributed by atoms with Crippen LogP contribution in [0.5, 0.6) is 0 Å². The summed E-state index contributed by atoms with van der Waals surface area (Å²) in [5.41, 5.74) is 3.80. The second kappa shape index (κ2) is 6.38. The molecule has 3 aromatic rings. The van der Waals surface area contributed by atoms with Gasteiger partial charge in [-0.1, -0.05) is 12.1 Å². The quantitative estimate of drug-likeness (QED) is 0.722. The zero-order valence-corrected chi connectivity index (χ0v) is 15.9. The molecule has 0 fully saturated rings. The van der Waals surface area contributed by atoms with Gasteiger partial charge in [0, 0.05) is 12.1 Å². The van der Waals surface area contributed by atoms with E-state index in [1.54, 1.807) is 18.2 Å². The fourth-order valence-corrected chi connectivity index (χ4v) is 4.34. The predicted octanol–water partition coefficient (Wildman–Crippen LogP) is 2.38. The number of aromatic nitrogens is 2. The van der Waals surface area contributed by atoms with Crippen LogP contribution in [0.2, 0.25) is 0 Å². The number of aromatic amines is 1. The van der Waals surface area contributed by atoms with Gasteiger partial charge in [-0.2, -0.15) is 0 Å². The summed E-state index contributed by atoms with van der Waals surface area (Å²) in [6.07, 6.45) is 1.79. The molecule has 7 nitrogen and oxygen atoms in total. The number of imidazole rings is 1. The summed E-state index contributed by atoms with van der Waals surface area (Å²) in [5.74, 6) is 0.470. The largest absolute Gasteiger partial charge is 0.342 e. The van der Waals surface area contributed by atoms with Gasteiger partial charge in [0.25, 0.3) is 5.91 Å². The Hall–Kier alpha value is -2.87. The molecule has 1 aliphatic rings.